The average Bonchev–Trinajstić information content (AvgIpc) is 3.94. The van der Waals surface area contributed by atoms with E-state index in [1.807, 2.05) is 17.4 Å². The van der Waals surface area contributed by atoms with Crippen LogP contribution < -0.4 is 0 Å². The van der Waals surface area contributed by atoms with E-state index in [0.29, 0.717) is 5.82 Å². The number of benzene rings is 8. The minimum absolute atomic E-state index is 0.673. The molecule has 0 atom stereocenters. The van der Waals surface area contributed by atoms with Crippen molar-refractivity contribution >= 4 is 47.8 Å². The SMILES string of the molecule is c1ccc(-c2cc(-c3cccc(-c4nn5c(-c6ccccc6)cc6ccccc6c5c4-c4ccccc4)c3)nc(-c3cccc(-c4ccc5sc6ccccc6c5c4)c3)n2)cc1. The van der Waals surface area contributed by atoms with Crippen LogP contribution in [0.25, 0.3) is 115 Å². The van der Waals surface area contributed by atoms with Gasteiger partial charge in [0.05, 0.1) is 22.6 Å². The molecule has 0 saturated heterocycles. The molecule has 0 fully saturated rings. The Morgan fingerprint density at radius 3 is 1.71 bits per heavy atom. The summed E-state index contributed by atoms with van der Waals surface area (Å²) in [6.45, 7) is 0. The lowest BCUT2D eigenvalue weighted by Crippen LogP contribution is -1.96. The number of fused-ring (bicyclic) bond motifs is 6. The molecule has 4 nitrogen and oxygen atoms in total. The van der Waals surface area contributed by atoms with Gasteiger partial charge in [-0.1, -0.05) is 176 Å². The fraction of sp³-hybridized carbons (Fsp3) is 0. The molecular formula is C57H36N4S. The van der Waals surface area contributed by atoms with Gasteiger partial charge in [-0.2, -0.15) is 5.10 Å². The Labute approximate surface area is 362 Å². The number of pyridine rings is 1. The van der Waals surface area contributed by atoms with E-state index >= 15 is 0 Å². The van der Waals surface area contributed by atoms with Crippen LogP contribution in [0, 0.1) is 0 Å². The smallest absolute Gasteiger partial charge is 0.160 e. The Bertz CT molecular complexity index is 3630. The lowest BCUT2D eigenvalue weighted by atomic mass is 9.95. The second-order valence-electron chi connectivity index (χ2n) is 15.6. The highest BCUT2D eigenvalue weighted by molar-refractivity contribution is 7.25. The monoisotopic (exact) mass is 808 g/mol. The van der Waals surface area contributed by atoms with Crippen molar-refractivity contribution in [2.75, 3.05) is 0 Å². The molecule has 0 saturated carbocycles. The van der Waals surface area contributed by atoms with E-state index in [9.17, 15) is 0 Å². The van der Waals surface area contributed by atoms with Crippen LogP contribution in [-0.4, -0.2) is 19.6 Å². The first-order valence-electron chi connectivity index (χ1n) is 20.8. The fourth-order valence-electron chi connectivity index (χ4n) is 8.83. The van der Waals surface area contributed by atoms with Crippen LogP contribution in [0.2, 0.25) is 0 Å². The summed E-state index contributed by atoms with van der Waals surface area (Å²) in [5.41, 5.74) is 14.3. The lowest BCUT2D eigenvalue weighted by molar-refractivity contribution is 0.979. The molecule has 0 aliphatic rings. The number of rotatable bonds is 7. The third-order valence-corrected chi connectivity index (χ3v) is 13.0. The summed E-state index contributed by atoms with van der Waals surface area (Å²) in [5.74, 6) is 0.673. The Kier molecular flexibility index (Phi) is 8.65. The van der Waals surface area contributed by atoms with Crippen LogP contribution in [0.4, 0.5) is 0 Å². The summed E-state index contributed by atoms with van der Waals surface area (Å²) in [4.78, 5) is 10.6. The first-order chi connectivity index (χ1) is 30.7. The Hall–Kier alpha value is -7.99. The lowest BCUT2D eigenvalue weighted by Gasteiger charge is -2.12. The van der Waals surface area contributed by atoms with E-state index in [1.54, 1.807) is 0 Å². The van der Waals surface area contributed by atoms with Crippen LogP contribution in [0.1, 0.15) is 0 Å². The topological polar surface area (TPSA) is 43.1 Å². The van der Waals surface area contributed by atoms with Crippen LogP contribution in [0.5, 0.6) is 0 Å². The zero-order chi connectivity index (χ0) is 41.0. The van der Waals surface area contributed by atoms with E-state index in [4.69, 9.17) is 15.1 Å². The van der Waals surface area contributed by atoms with E-state index < -0.39 is 0 Å². The summed E-state index contributed by atoms with van der Waals surface area (Å²) >= 11 is 1.84. The van der Waals surface area contributed by atoms with Gasteiger partial charge >= 0.3 is 0 Å². The Balaban J connectivity index is 1.03. The number of thiophene rings is 1. The highest BCUT2D eigenvalue weighted by Crippen LogP contribution is 2.42. The van der Waals surface area contributed by atoms with Crippen molar-refractivity contribution in [3.8, 4) is 78.7 Å². The summed E-state index contributed by atoms with van der Waals surface area (Å²) in [6.07, 6.45) is 0. The van der Waals surface area contributed by atoms with Crippen LogP contribution >= 0.6 is 11.3 Å². The molecule has 12 rings (SSSR count). The van der Waals surface area contributed by atoms with Gasteiger partial charge in [0, 0.05) is 58.9 Å². The van der Waals surface area contributed by atoms with E-state index in [2.05, 4.69) is 217 Å². The van der Waals surface area contributed by atoms with Gasteiger partial charge in [-0.25, -0.2) is 14.5 Å². The van der Waals surface area contributed by atoms with Crippen molar-refractivity contribution in [1.29, 1.82) is 0 Å². The molecule has 0 aliphatic carbocycles. The molecule has 4 aromatic heterocycles. The van der Waals surface area contributed by atoms with Gasteiger partial charge in [0.1, 0.15) is 5.69 Å². The molecule has 0 radical (unpaired) electrons. The minimum atomic E-state index is 0.673. The van der Waals surface area contributed by atoms with Crippen molar-refractivity contribution in [2.24, 2.45) is 0 Å². The summed E-state index contributed by atoms with van der Waals surface area (Å²) in [5, 5.41) is 10.4. The predicted octanol–water partition coefficient (Wildman–Crippen LogP) is 15.3. The van der Waals surface area contributed by atoms with Gasteiger partial charge in [0.25, 0.3) is 0 Å². The quantitative estimate of drug-likeness (QED) is 0.161. The van der Waals surface area contributed by atoms with Crippen LogP contribution in [0.15, 0.2) is 218 Å². The molecule has 290 valence electrons. The molecule has 0 aliphatic heterocycles. The molecule has 62 heavy (non-hydrogen) atoms. The zero-order valence-corrected chi connectivity index (χ0v) is 34.3. The van der Waals surface area contributed by atoms with E-state index in [0.717, 1.165) is 78.2 Å². The van der Waals surface area contributed by atoms with Crippen molar-refractivity contribution in [3.05, 3.63) is 218 Å². The minimum Gasteiger partial charge on any atom is -0.231 e. The second kappa shape index (κ2) is 14.9. The number of hydrogen-bond acceptors (Lipinski definition) is 4. The number of aromatic nitrogens is 4. The summed E-state index contributed by atoms with van der Waals surface area (Å²) < 4.78 is 4.74. The Morgan fingerprint density at radius 1 is 0.355 bits per heavy atom. The van der Waals surface area contributed by atoms with Crippen LogP contribution in [-0.2, 0) is 0 Å². The standard InChI is InChI=1S/C57H36N4S/c1-4-16-37(17-5-1)49-36-50(59-57(58-49)45-26-14-23-40(32-45)41-30-31-53-48(34-41)47-28-12-13-29-52(47)62-53)43-24-15-25-44(33-43)55-54(39-20-8-3-9-21-39)56-46-27-11-10-22-42(46)35-51(61(56)60-55)38-18-6-2-7-19-38/h1-36H. The van der Waals surface area contributed by atoms with Crippen molar-refractivity contribution in [1.82, 2.24) is 19.6 Å². The molecule has 0 spiro atoms. The highest BCUT2D eigenvalue weighted by atomic mass is 32.1. The van der Waals surface area contributed by atoms with E-state index in [-0.39, 0.29) is 0 Å². The second-order valence-corrected chi connectivity index (χ2v) is 16.7. The number of hydrogen-bond donors (Lipinski definition) is 0. The van der Waals surface area contributed by atoms with Crippen LogP contribution in [0.3, 0.4) is 0 Å². The molecule has 5 heteroatoms. The molecular weight excluding hydrogens is 773 g/mol. The maximum Gasteiger partial charge on any atom is 0.160 e. The highest BCUT2D eigenvalue weighted by Gasteiger charge is 2.22. The molecule has 0 amide bonds. The van der Waals surface area contributed by atoms with Gasteiger partial charge in [-0.05, 0) is 64.5 Å². The van der Waals surface area contributed by atoms with Gasteiger partial charge in [0.15, 0.2) is 5.82 Å². The summed E-state index contributed by atoms with van der Waals surface area (Å²) in [6, 6.07) is 77.3. The van der Waals surface area contributed by atoms with Crippen molar-refractivity contribution in [2.45, 2.75) is 0 Å². The summed E-state index contributed by atoms with van der Waals surface area (Å²) in [7, 11) is 0. The molecule has 0 unspecified atom stereocenters. The predicted molar refractivity (Wildman–Crippen MR) is 259 cm³/mol. The zero-order valence-electron chi connectivity index (χ0n) is 33.5. The molecule has 0 bridgehead atoms. The molecule has 12 aromatic rings. The third-order valence-electron chi connectivity index (χ3n) is 11.8. The normalized spacial score (nSPS) is 11.5. The van der Waals surface area contributed by atoms with Crippen molar-refractivity contribution in [3.63, 3.8) is 0 Å². The van der Waals surface area contributed by atoms with E-state index in [1.165, 1.54) is 31.1 Å². The maximum atomic E-state index is 5.51. The molecule has 0 N–H and O–H groups in total. The first-order valence-corrected chi connectivity index (χ1v) is 21.7. The van der Waals surface area contributed by atoms with Gasteiger partial charge in [-0.3, -0.25) is 0 Å². The molecule has 4 heterocycles. The fourth-order valence-corrected chi connectivity index (χ4v) is 9.92. The van der Waals surface area contributed by atoms with Gasteiger partial charge in [0.2, 0.25) is 0 Å². The number of nitrogens with zero attached hydrogens (tertiary/aromatic N) is 4. The molecule has 8 aromatic carbocycles. The van der Waals surface area contributed by atoms with Gasteiger partial charge in [-0.15, -0.1) is 11.3 Å². The van der Waals surface area contributed by atoms with Crippen molar-refractivity contribution < 1.29 is 0 Å². The van der Waals surface area contributed by atoms with Gasteiger partial charge < -0.3 is 0 Å². The third kappa shape index (κ3) is 6.26. The average molecular weight is 809 g/mol. The maximum absolute atomic E-state index is 5.51. The Morgan fingerprint density at radius 2 is 0.919 bits per heavy atom. The first kappa shape index (κ1) is 35.9. The largest absolute Gasteiger partial charge is 0.231 e.